The lowest BCUT2D eigenvalue weighted by molar-refractivity contribution is -0.155. The number of sulfone groups is 1. The Morgan fingerprint density at radius 3 is 2.40 bits per heavy atom. The van der Waals surface area contributed by atoms with Crippen molar-refractivity contribution in [2.24, 2.45) is 5.16 Å². The van der Waals surface area contributed by atoms with Crippen LogP contribution in [-0.4, -0.2) is 60.9 Å². The molecule has 2 heterocycles. The minimum absolute atomic E-state index is 0.00720. The number of nitrogens with zero attached hydrogens (tertiary/aromatic N) is 3. The van der Waals surface area contributed by atoms with Crippen LogP contribution in [0.5, 0.6) is 0 Å². The van der Waals surface area contributed by atoms with Gasteiger partial charge in [0.1, 0.15) is 17.9 Å². The quantitative estimate of drug-likeness (QED) is 0.194. The lowest BCUT2D eigenvalue weighted by Gasteiger charge is -2.46. The van der Waals surface area contributed by atoms with Crippen molar-refractivity contribution in [3.63, 3.8) is 0 Å². The monoisotopic (exact) mass is 501 g/mol. The molecule has 1 amide bonds. The molecule has 0 aromatic heterocycles. The van der Waals surface area contributed by atoms with Crippen LogP contribution in [-0.2, 0) is 35.6 Å². The van der Waals surface area contributed by atoms with Gasteiger partial charge in [0, 0.05) is 25.9 Å². The van der Waals surface area contributed by atoms with Crippen molar-refractivity contribution in [3.05, 3.63) is 69.9 Å². The molecular formula is C25H31N3O6S. The topological polar surface area (TPSA) is 106 Å². The molecule has 2 aliphatic rings. The van der Waals surface area contributed by atoms with Gasteiger partial charge in [-0.3, -0.25) is 9.69 Å². The molecule has 1 unspecified atom stereocenters. The zero-order chi connectivity index (χ0) is 26.1. The van der Waals surface area contributed by atoms with E-state index in [1.807, 2.05) is 30.3 Å². The van der Waals surface area contributed by atoms with Gasteiger partial charge in [0.2, 0.25) is 9.84 Å². The first-order valence-corrected chi connectivity index (χ1v) is 12.6. The first kappa shape index (κ1) is 26.2. The average molecular weight is 502 g/mol. The number of β-lactam (4-membered cyclic amide) rings is 1. The Morgan fingerprint density at radius 2 is 1.83 bits per heavy atom. The fraction of sp³-hybridized carbons (Fsp3) is 0.400. The lowest BCUT2D eigenvalue weighted by atomic mass is 10.0. The Labute approximate surface area is 206 Å². The highest BCUT2D eigenvalue weighted by atomic mass is 32.2. The fourth-order valence-corrected chi connectivity index (χ4v) is 5.83. The summed E-state index contributed by atoms with van der Waals surface area (Å²) >= 11 is 0. The Kier molecular flexibility index (Phi) is 7.26. The van der Waals surface area contributed by atoms with Crippen molar-refractivity contribution in [2.45, 2.75) is 52.2 Å². The van der Waals surface area contributed by atoms with Gasteiger partial charge in [-0.1, -0.05) is 35.5 Å². The third-order valence-corrected chi connectivity index (χ3v) is 7.22. The Balaban J connectivity index is 1.99. The molecular weight excluding hydrogens is 470 g/mol. The summed E-state index contributed by atoms with van der Waals surface area (Å²) in [4.78, 5) is 34.0. The minimum atomic E-state index is -4.02. The van der Waals surface area contributed by atoms with E-state index in [1.54, 1.807) is 46.7 Å². The maximum Gasteiger partial charge on any atom is 0.355 e. The molecule has 1 aromatic carbocycles. The summed E-state index contributed by atoms with van der Waals surface area (Å²) in [6.07, 6.45) is 2.81. The normalized spacial score (nSPS) is 22.1. The van der Waals surface area contributed by atoms with E-state index >= 15 is 0 Å². The predicted molar refractivity (Wildman–Crippen MR) is 132 cm³/mol. The van der Waals surface area contributed by atoms with Crippen molar-refractivity contribution in [1.29, 1.82) is 0 Å². The molecule has 1 aromatic rings. The van der Waals surface area contributed by atoms with Crippen molar-refractivity contribution < 1.29 is 27.6 Å². The number of hydrogen-bond donors (Lipinski definition) is 0. The molecule has 0 radical (unpaired) electrons. The van der Waals surface area contributed by atoms with Gasteiger partial charge >= 0.3 is 5.97 Å². The summed E-state index contributed by atoms with van der Waals surface area (Å²) in [6.45, 7) is 8.44. The van der Waals surface area contributed by atoms with Crippen LogP contribution in [0, 0.1) is 0 Å². The lowest BCUT2D eigenvalue weighted by Crippen LogP contribution is -2.62. The smallest absolute Gasteiger partial charge is 0.355 e. The van der Waals surface area contributed by atoms with E-state index in [0.717, 1.165) is 10.5 Å². The highest BCUT2D eigenvalue weighted by Gasteiger charge is 2.58. The second-order valence-electron chi connectivity index (χ2n) is 9.60. The molecule has 0 bridgehead atoms. The fourth-order valence-electron chi connectivity index (χ4n) is 3.73. The second kappa shape index (κ2) is 9.69. The molecule has 10 heteroatoms. The van der Waals surface area contributed by atoms with Crippen molar-refractivity contribution in [3.8, 4) is 0 Å². The molecule has 0 aliphatic carbocycles. The molecule has 0 spiro atoms. The van der Waals surface area contributed by atoms with Crippen LogP contribution in [0.15, 0.2) is 69.5 Å². The summed E-state index contributed by atoms with van der Waals surface area (Å²) in [5.41, 5.74) is 0.500. The molecule has 35 heavy (non-hydrogen) atoms. The van der Waals surface area contributed by atoms with Gasteiger partial charge in [-0.25, -0.2) is 13.2 Å². The Hall–Kier alpha value is -3.40. The first-order chi connectivity index (χ1) is 16.2. The number of amides is 1. The Bertz CT molecular complexity index is 1250. The molecule has 1 atom stereocenters. The largest absolute Gasteiger partial charge is 0.455 e. The van der Waals surface area contributed by atoms with Crippen LogP contribution in [0.2, 0.25) is 0 Å². The molecule has 0 saturated carbocycles. The minimum Gasteiger partial charge on any atom is -0.455 e. The molecule has 1 fully saturated rings. The third-order valence-electron chi connectivity index (χ3n) is 5.15. The predicted octanol–water partition coefficient (Wildman–Crippen LogP) is 3.12. The van der Waals surface area contributed by atoms with Crippen LogP contribution in [0.25, 0.3) is 0 Å². The SMILES string of the molecule is CC1=C(C(=O)OC(C)(C)C)N2C(=O)/C(=C/C(C)=N/OCc3ccccc3)C2S(=O)(=O)/C1=C/N(C)C. The van der Waals surface area contributed by atoms with Crippen LogP contribution < -0.4 is 0 Å². The molecule has 188 valence electrons. The third kappa shape index (κ3) is 5.48. The number of esters is 1. The molecule has 2 aliphatic heterocycles. The van der Waals surface area contributed by atoms with E-state index in [-0.39, 0.29) is 28.4 Å². The first-order valence-electron chi connectivity index (χ1n) is 11.1. The number of hydrogen-bond acceptors (Lipinski definition) is 8. The van der Waals surface area contributed by atoms with Crippen LogP contribution in [0.4, 0.5) is 0 Å². The number of benzene rings is 1. The summed E-state index contributed by atoms with van der Waals surface area (Å²) in [5.74, 6) is -1.36. The van der Waals surface area contributed by atoms with Crippen molar-refractivity contribution in [1.82, 2.24) is 9.80 Å². The molecule has 3 rings (SSSR count). The van der Waals surface area contributed by atoms with Crippen molar-refractivity contribution in [2.75, 3.05) is 14.1 Å². The number of ether oxygens (including phenoxy) is 1. The molecule has 1 saturated heterocycles. The molecule has 9 nitrogen and oxygen atoms in total. The summed E-state index contributed by atoms with van der Waals surface area (Å²) < 4.78 is 32.5. The average Bonchev–Trinajstić information content (AvgIpc) is 2.74. The summed E-state index contributed by atoms with van der Waals surface area (Å²) in [7, 11) is -0.657. The zero-order valence-electron chi connectivity index (χ0n) is 21.0. The zero-order valence-corrected chi connectivity index (χ0v) is 21.8. The van der Waals surface area contributed by atoms with Gasteiger partial charge in [0.15, 0.2) is 5.37 Å². The number of oxime groups is 1. The van der Waals surface area contributed by atoms with Crippen LogP contribution >= 0.6 is 0 Å². The molecule has 0 N–H and O–H groups in total. The summed E-state index contributed by atoms with van der Waals surface area (Å²) in [5, 5.41) is 2.64. The summed E-state index contributed by atoms with van der Waals surface area (Å²) in [6, 6.07) is 9.42. The number of fused-ring (bicyclic) bond motifs is 1. The van der Waals surface area contributed by atoms with E-state index in [1.165, 1.54) is 19.2 Å². The number of carbonyl (C=O) groups is 2. The van der Waals surface area contributed by atoms with Gasteiger partial charge < -0.3 is 14.5 Å². The van der Waals surface area contributed by atoms with Gasteiger partial charge in [-0.05, 0) is 46.3 Å². The van der Waals surface area contributed by atoms with Gasteiger partial charge in [-0.15, -0.1) is 0 Å². The van der Waals surface area contributed by atoms with E-state index in [4.69, 9.17) is 9.57 Å². The number of carbonyl (C=O) groups excluding carboxylic acids is 2. The van der Waals surface area contributed by atoms with E-state index in [2.05, 4.69) is 5.16 Å². The van der Waals surface area contributed by atoms with Gasteiger partial charge in [0.05, 0.1) is 16.2 Å². The maximum atomic E-state index is 13.5. The maximum absolute atomic E-state index is 13.5. The van der Waals surface area contributed by atoms with E-state index < -0.39 is 32.7 Å². The highest BCUT2D eigenvalue weighted by molar-refractivity contribution is 7.96. The number of rotatable bonds is 6. The standard InChI is InChI=1S/C25H31N3O6S/c1-16(26-33-15-18-11-9-8-10-12-18)13-19-22(29)28-21(24(30)34-25(3,4)5)17(2)20(14-27(6)7)35(31,32)23(19)28/h8-14,23H,15H2,1-7H3/b19-13-,20-14+,26-16+. The van der Waals surface area contributed by atoms with Gasteiger partial charge in [0.25, 0.3) is 5.91 Å². The van der Waals surface area contributed by atoms with Crippen LogP contribution in [0.1, 0.15) is 40.2 Å². The number of allylic oxidation sites excluding steroid dienone is 2. The second-order valence-corrected chi connectivity index (χ2v) is 11.6. The van der Waals surface area contributed by atoms with Crippen LogP contribution in [0.3, 0.4) is 0 Å². The van der Waals surface area contributed by atoms with Crippen molar-refractivity contribution >= 4 is 27.4 Å². The van der Waals surface area contributed by atoms with E-state index in [0.29, 0.717) is 5.71 Å². The Morgan fingerprint density at radius 1 is 1.20 bits per heavy atom. The van der Waals surface area contributed by atoms with E-state index in [9.17, 15) is 18.0 Å². The van der Waals surface area contributed by atoms with Gasteiger partial charge in [-0.2, -0.15) is 0 Å². The highest BCUT2D eigenvalue weighted by Crippen LogP contribution is 2.45.